The zero-order valence-corrected chi connectivity index (χ0v) is 17.5. The summed E-state index contributed by atoms with van der Waals surface area (Å²) in [4.78, 5) is 29.0. The molecule has 0 atom stereocenters. The Kier molecular flexibility index (Phi) is 8.51. The molecule has 3 N–H and O–H groups in total. The Labute approximate surface area is 170 Å². The van der Waals surface area contributed by atoms with Crippen LogP contribution in [-0.2, 0) is 11.2 Å². The summed E-state index contributed by atoms with van der Waals surface area (Å²) in [5.41, 5.74) is 0.812. The minimum atomic E-state index is -0.716. The fourth-order valence-corrected chi connectivity index (χ4v) is 4.99. The number of carboxylic acids is 1. The summed E-state index contributed by atoms with van der Waals surface area (Å²) in [5, 5.41) is 16.6. The quantitative estimate of drug-likeness (QED) is 0.663. The maximum atomic E-state index is 12.6. The van der Waals surface area contributed by atoms with Crippen molar-refractivity contribution in [2.24, 2.45) is 11.8 Å². The fraction of sp³-hybridized carbons (Fsp3) is 0.737. The van der Waals surface area contributed by atoms with Gasteiger partial charge in [0.05, 0.1) is 16.6 Å². The molecule has 1 aromatic rings. The van der Waals surface area contributed by atoms with Crippen LogP contribution in [0.5, 0.6) is 0 Å². The minimum Gasteiger partial charge on any atom is -0.481 e. The highest BCUT2D eigenvalue weighted by molar-refractivity contribution is 7.13. The second kappa shape index (κ2) is 10.4. The molecule has 2 heterocycles. The van der Waals surface area contributed by atoms with Crippen molar-refractivity contribution in [3.63, 3.8) is 0 Å². The number of hydrogen-bond donors (Lipinski definition) is 3. The molecule has 1 aliphatic carbocycles. The van der Waals surface area contributed by atoms with E-state index in [1.807, 2.05) is 6.92 Å². The molecule has 2 fully saturated rings. The Morgan fingerprint density at radius 3 is 2.48 bits per heavy atom. The molecular weight excluding hydrogens is 386 g/mol. The topological polar surface area (TPSA) is 91.3 Å². The summed E-state index contributed by atoms with van der Waals surface area (Å²) in [5.74, 6) is -0.254. The van der Waals surface area contributed by atoms with Crippen LogP contribution in [0.15, 0.2) is 0 Å². The van der Waals surface area contributed by atoms with E-state index in [-0.39, 0.29) is 30.3 Å². The van der Waals surface area contributed by atoms with Gasteiger partial charge in [0.25, 0.3) is 5.91 Å². The van der Waals surface area contributed by atoms with Crippen LogP contribution in [-0.4, -0.2) is 41.1 Å². The highest BCUT2D eigenvalue weighted by Gasteiger charge is 2.27. The van der Waals surface area contributed by atoms with Crippen LogP contribution in [0, 0.1) is 18.8 Å². The van der Waals surface area contributed by atoms with E-state index >= 15 is 0 Å². The number of aryl methyl sites for hydroxylation is 2. The lowest BCUT2D eigenvalue weighted by Crippen LogP contribution is -2.38. The monoisotopic (exact) mass is 415 g/mol. The van der Waals surface area contributed by atoms with Gasteiger partial charge in [-0.1, -0.05) is 0 Å². The molecule has 3 rings (SSSR count). The lowest BCUT2D eigenvalue weighted by atomic mass is 9.86. The predicted octanol–water partition coefficient (Wildman–Crippen LogP) is 3.18. The first-order valence-corrected chi connectivity index (χ1v) is 10.5. The van der Waals surface area contributed by atoms with Crippen LogP contribution >= 0.6 is 23.7 Å². The van der Waals surface area contributed by atoms with E-state index in [0.717, 1.165) is 55.4 Å². The van der Waals surface area contributed by atoms with Crippen molar-refractivity contribution in [2.75, 3.05) is 13.1 Å². The van der Waals surface area contributed by atoms with Crippen LogP contribution in [0.4, 0.5) is 0 Å². The molecule has 152 valence electrons. The SMILES string of the molecule is Cc1nc(CCC2CCNCC2)sc1C(=O)NC1CCC(C(=O)O)CC1.Cl. The van der Waals surface area contributed by atoms with Crippen molar-refractivity contribution in [2.45, 2.75) is 64.3 Å². The van der Waals surface area contributed by atoms with Gasteiger partial charge < -0.3 is 15.7 Å². The Balaban J connectivity index is 0.00000261. The second-order valence-electron chi connectivity index (χ2n) is 7.61. The number of carbonyl (C=O) groups is 2. The predicted molar refractivity (Wildman–Crippen MR) is 109 cm³/mol. The highest BCUT2D eigenvalue weighted by Crippen LogP contribution is 2.26. The number of thiazole rings is 1. The Hall–Kier alpha value is -1.18. The molecule has 1 aromatic heterocycles. The van der Waals surface area contributed by atoms with E-state index in [4.69, 9.17) is 5.11 Å². The standard InChI is InChI=1S/C19H29N3O3S.ClH/c1-12-17(18(23)22-15-5-3-14(4-6-15)19(24)25)26-16(21-12)7-2-13-8-10-20-11-9-13;/h13-15,20H,2-11H2,1H3,(H,22,23)(H,24,25);1H. The third-order valence-electron chi connectivity index (χ3n) is 5.68. The van der Waals surface area contributed by atoms with Crippen LogP contribution in [0.2, 0.25) is 0 Å². The molecule has 0 aromatic carbocycles. The van der Waals surface area contributed by atoms with E-state index < -0.39 is 5.97 Å². The lowest BCUT2D eigenvalue weighted by Gasteiger charge is -2.26. The number of halogens is 1. The number of aromatic nitrogens is 1. The Morgan fingerprint density at radius 1 is 1.19 bits per heavy atom. The highest BCUT2D eigenvalue weighted by atomic mass is 35.5. The molecule has 0 unspecified atom stereocenters. The number of hydrogen-bond acceptors (Lipinski definition) is 5. The van der Waals surface area contributed by atoms with E-state index in [2.05, 4.69) is 15.6 Å². The molecule has 2 aliphatic rings. The summed E-state index contributed by atoms with van der Waals surface area (Å²) in [6, 6.07) is 0.0813. The van der Waals surface area contributed by atoms with Gasteiger partial charge in [0, 0.05) is 6.04 Å². The van der Waals surface area contributed by atoms with Gasteiger partial charge in [-0.05, 0) is 77.3 Å². The van der Waals surface area contributed by atoms with Crippen LogP contribution in [0.1, 0.15) is 65.3 Å². The van der Waals surface area contributed by atoms with Gasteiger partial charge in [-0.15, -0.1) is 23.7 Å². The molecule has 8 heteroatoms. The van der Waals surface area contributed by atoms with Gasteiger partial charge in [-0.3, -0.25) is 9.59 Å². The molecule has 0 bridgehead atoms. The second-order valence-corrected chi connectivity index (χ2v) is 8.70. The first-order valence-electron chi connectivity index (χ1n) is 9.73. The van der Waals surface area contributed by atoms with Crippen LogP contribution in [0.25, 0.3) is 0 Å². The number of amides is 1. The number of aliphatic carboxylic acids is 1. The van der Waals surface area contributed by atoms with Crippen molar-refractivity contribution < 1.29 is 14.7 Å². The number of nitrogens with one attached hydrogen (secondary N) is 2. The zero-order valence-electron chi connectivity index (χ0n) is 15.8. The Bertz CT molecular complexity index is 638. The van der Waals surface area contributed by atoms with Crippen LogP contribution in [0.3, 0.4) is 0 Å². The van der Waals surface area contributed by atoms with Crippen molar-refractivity contribution in [3.8, 4) is 0 Å². The van der Waals surface area contributed by atoms with Crippen molar-refractivity contribution in [1.82, 2.24) is 15.6 Å². The normalized spacial score (nSPS) is 23.4. The Morgan fingerprint density at radius 2 is 1.85 bits per heavy atom. The molecule has 1 saturated carbocycles. The molecule has 1 amide bonds. The van der Waals surface area contributed by atoms with Crippen molar-refractivity contribution >= 4 is 35.6 Å². The summed E-state index contributed by atoms with van der Waals surface area (Å²) in [6.45, 7) is 4.12. The first kappa shape index (κ1) is 22.1. The van der Waals surface area contributed by atoms with Gasteiger partial charge in [0.1, 0.15) is 4.88 Å². The molecule has 0 spiro atoms. The van der Waals surface area contributed by atoms with Crippen LogP contribution < -0.4 is 10.6 Å². The van der Waals surface area contributed by atoms with Gasteiger partial charge in [0.2, 0.25) is 0 Å². The smallest absolute Gasteiger partial charge is 0.306 e. The lowest BCUT2D eigenvalue weighted by molar-refractivity contribution is -0.142. The third kappa shape index (κ3) is 6.16. The zero-order chi connectivity index (χ0) is 18.5. The van der Waals surface area contributed by atoms with Gasteiger partial charge in [-0.2, -0.15) is 0 Å². The van der Waals surface area contributed by atoms with Gasteiger partial charge >= 0.3 is 5.97 Å². The first-order chi connectivity index (χ1) is 12.5. The van der Waals surface area contributed by atoms with Gasteiger partial charge in [0.15, 0.2) is 0 Å². The third-order valence-corrected chi connectivity index (χ3v) is 6.90. The van der Waals surface area contributed by atoms with E-state index in [9.17, 15) is 9.59 Å². The summed E-state index contributed by atoms with van der Waals surface area (Å²) in [6.07, 6.45) is 7.33. The van der Waals surface area contributed by atoms with Crippen molar-refractivity contribution in [1.29, 1.82) is 0 Å². The molecule has 1 saturated heterocycles. The number of carbonyl (C=O) groups excluding carboxylic acids is 1. The number of piperidine rings is 1. The number of rotatable bonds is 6. The summed E-state index contributed by atoms with van der Waals surface area (Å²) < 4.78 is 0. The van der Waals surface area contributed by atoms with E-state index in [1.54, 1.807) is 0 Å². The minimum absolute atomic E-state index is 0. The summed E-state index contributed by atoms with van der Waals surface area (Å²) in [7, 11) is 0. The van der Waals surface area contributed by atoms with E-state index in [1.165, 1.54) is 24.2 Å². The molecule has 27 heavy (non-hydrogen) atoms. The molecule has 6 nitrogen and oxygen atoms in total. The average molecular weight is 416 g/mol. The molecule has 0 radical (unpaired) electrons. The van der Waals surface area contributed by atoms with Crippen molar-refractivity contribution in [3.05, 3.63) is 15.6 Å². The number of carboxylic acid groups (broad SMARTS) is 1. The largest absolute Gasteiger partial charge is 0.481 e. The summed E-state index contributed by atoms with van der Waals surface area (Å²) >= 11 is 1.52. The molecular formula is C19H30ClN3O3S. The maximum Gasteiger partial charge on any atom is 0.306 e. The molecule has 1 aliphatic heterocycles. The fourth-order valence-electron chi connectivity index (χ4n) is 4.00. The maximum absolute atomic E-state index is 12.6. The number of nitrogens with zero attached hydrogens (tertiary/aromatic N) is 1. The van der Waals surface area contributed by atoms with Gasteiger partial charge in [-0.25, -0.2) is 4.98 Å². The van der Waals surface area contributed by atoms with E-state index in [0.29, 0.717) is 17.7 Å². The average Bonchev–Trinajstić information content (AvgIpc) is 3.02.